The van der Waals surface area contributed by atoms with Crippen molar-refractivity contribution in [2.24, 2.45) is 0 Å². The van der Waals surface area contributed by atoms with Crippen LogP contribution >= 0.6 is 11.3 Å². The van der Waals surface area contributed by atoms with E-state index in [1.165, 1.54) is 11.1 Å². The van der Waals surface area contributed by atoms with Crippen molar-refractivity contribution in [2.75, 3.05) is 38.7 Å². The molecule has 0 fully saturated rings. The van der Waals surface area contributed by atoms with E-state index < -0.39 is 0 Å². The predicted molar refractivity (Wildman–Crippen MR) is 112 cm³/mol. The highest BCUT2D eigenvalue weighted by Gasteiger charge is 2.20. The van der Waals surface area contributed by atoms with Gasteiger partial charge < -0.3 is 9.64 Å². The van der Waals surface area contributed by atoms with E-state index in [4.69, 9.17) is 9.72 Å². The van der Waals surface area contributed by atoms with Crippen molar-refractivity contribution in [1.29, 1.82) is 0 Å². The molecule has 1 aromatic heterocycles. The number of nitrogens with zero attached hydrogens (tertiary/aromatic N) is 3. The lowest BCUT2D eigenvalue weighted by atomic mass is 10.1. The number of hydrogen-bond acceptors (Lipinski definition) is 5. The molecule has 0 aliphatic carbocycles. The molecule has 0 radical (unpaired) electrons. The van der Waals surface area contributed by atoms with Gasteiger partial charge in [0.15, 0.2) is 11.7 Å². The van der Waals surface area contributed by atoms with Crippen molar-refractivity contribution in [3.8, 4) is 5.75 Å². The molecule has 1 heterocycles. The van der Waals surface area contributed by atoms with Gasteiger partial charge in [-0.1, -0.05) is 29.5 Å². The molecule has 3 rings (SSSR count). The summed E-state index contributed by atoms with van der Waals surface area (Å²) in [5.74, 6) is 0.599. The van der Waals surface area contributed by atoms with Crippen LogP contribution in [-0.4, -0.2) is 49.6 Å². The van der Waals surface area contributed by atoms with Gasteiger partial charge in [0, 0.05) is 13.1 Å². The van der Waals surface area contributed by atoms with Gasteiger partial charge in [0.25, 0.3) is 5.91 Å². The number of para-hydroxylation sites is 1. The summed E-state index contributed by atoms with van der Waals surface area (Å²) in [6, 6.07) is 13.6. The highest BCUT2D eigenvalue weighted by Crippen LogP contribution is 2.31. The lowest BCUT2D eigenvalue weighted by Gasteiger charge is -2.22. The van der Waals surface area contributed by atoms with E-state index in [2.05, 4.69) is 30.9 Å². The summed E-state index contributed by atoms with van der Waals surface area (Å²) in [6.07, 6.45) is 0. The summed E-state index contributed by atoms with van der Waals surface area (Å²) in [5.41, 5.74) is 3.37. The first kappa shape index (κ1) is 19.3. The molecule has 142 valence electrons. The second-order valence-electron chi connectivity index (χ2n) is 6.85. The number of anilines is 1. The minimum atomic E-state index is -0.0896. The maximum absolute atomic E-state index is 12.9. The number of amides is 1. The van der Waals surface area contributed by atoms with Gasteiger partial charge in [0.05, 0.1) is 10.2 Å². The van der Waals surface area contributed by atoms with Crippen LogP contribution in [0.1, 0.15) is 11.1 Å². The van der Waals surface area contributed by atoms with Crippen molar-refractivity contribution >= 4 is 32.6 Å². The predicted octanol–water partition coefficient (Wildman–Crippen LogP) is 3.89. The molecule has 6 heteroatoms. The summed E-state index contributed by atoms with van der Waals surface area (Å²) in [5, 5.41) is 0.721. The minimum absolute atomic E-state index is 0.00851. The Morgan fingerprint density at radius 3 is 2.48 bits per heavy atom. The zero-order valence-corrected chi connectivity index (χ0v) is 17.0. The fourth-order valence-electron chi connectivity index (χ4n) is 2.65. The Bertz CT molecular complexity index is 883. The van der Waals surface area contributed by atoms with Gasteiger partial charge in [-0.25, -0.2) is 4.98 Å². The molecule has 1 amide bonds. The molecule has 0 spiro atoms. The Morgan fingerprint density at radius 1 is 1.07 bits per heavy atom. The van der Waals surface area contributed by atoms with E-state index in [-0.39, 0.29) is 12.5 Å². The first-order valence-electron chi connectivity index (χ1n) is 8.95. The van der Waals surface area contributed by atoms with Crippen molar-refractivity contribution in [1.82, 2.24) is 9.88 Å². The molecule has 2 aromatic carbocycles. The van der Waals surface area contributed by atoms with Crippen LogP contribution < -0.4 is 9.64 Å². The van der Waals surface area contributed by atoms with Gasteiger partial charge in [0.2, 0.25) is 0 Å². The lowest BCUT2D eigenvalue weighted by Crippen LogP contribution is -2.39. The number of aryl methyl sites for hydroxylation is 2. The Balaban J connectivity index is 1.82. The highest BCUT2D eigenvalue weighted by molar-refractivity contribution is 7.22. The van der Waals surface area contributed by atoms with Gasteiger partial charge in [-0.2, -0.15) is 0 Å². The van der Waals surface area contributed by atoms with Gasteiger partial charge in [-0.15, -0.1) is 0 Å². The average molecular weight is 384 g/mol. The normalized spacial score (nSPS) is 11.1. The zero-order chi connectivity index (χ0) is 19.4. The fraction of sp³-hybridized carbons (Fsp3) is 0.333. The van der Waals surface area contributed by atoms with Crippen LogP contribution in [0.3, 0.4) is 0 Å². The van der Waals surface area contributed by atoms with Crippen LogP contribution in [0.5, 0.6) is 5.75 Å². The zero-order valence-electron chi connectivity index (χ0n) is 16.2. The van der Waals surface area contributed by atoms with Crippen LogP contribution in [0.25, 0.3) is 10.2 Å². The molecule has 0 bridgehead atoms. The molecule has 5 nitrogen and oxygen atoms in total. The molecular weight excluding hydrogens is 358 g/mol. The molecule has 0 atom stereocenters. The molecule has 27 heavy (non-hydrogen) atoms. The van der Waals surface area contributed by atoms with E-state index in [1.807, 2.05) is 44.4 Å². The van der Waals surface area contributed by atoms with Crippen molar-refractivity contribution < 1.29 is 9.53 Å². The molecule has 0 saturated heterocycles. The van der Waals surface area contributed by atoms with Gasteiger partial charge in [0.1, 0.15) is 5.75 Å². The van der Waals surface area contributed by atoms with Crippen LogP contribution in [0.4, 0.5) is 5.13 Å². The topological polar surface area (TPSA) is 45.7 Å². The molecule has 0 saturated carbocycles. The van der Waals surface area contributed by atoms with E-state index in [0.29, 0.717) is 12.3 Å². The molecule has 0 unspecified atom stereocenters. The third kappa shape index (κ3) is 4.84. The number of carbonyl (C=O) groups is 1. The summed E-state index contributed by atoms with van der Waals surface area (Å²) in [7, 11) is 3.99. The lowest BCUT2D eigenvalue weighted by molar-refractivity contribution is -0.120. The Hall–Kier alpha value is -2.44. The minimum Gasteiger partial charge on any atom is -0.484 e. The third-order valence-corrected chi connectivity index (χ3v) is 5.44. The molecular formula is C21H25N3O2S. The number of benzene rings is 2. The Morgan fingerprint density at radius 2 is 1.78 bits per heavy atom. The second-order valence-corrected chi connectivity index (χ2v) is 7.86. The Kier molecular flexibility index (Phi) is 6.08. The van der Waals surface area contributed by atoms with Crippen molar-refractivity contribution in [2.45, 2.75) is 13.8 Å². The number of aromatic nitrogens is 1. The number of fused-ring (bicyclic) bond motifs is 1. The second kappa shape index (κ2) is 8.50. The number of ether oxygens (including phenoxy) is 1. The number of likely N-dealkylation sites (N-methyl/N-ethyl adjacent to an activating group) is 1. The number of carbonyl (C=O) groups excluding carboxylic acids is 1. The van der Waals surface area contributed by atoms with Crippen LogP contribution in [0.2, 0.25) is 0 Å². The quantitative estimate of drug-likeness (QED) is 0.621. The highest BCUT2D eigenvalue weighted by atomic mass is 32.1. The van der Waals surface area contributed by atoms with E-state index >= 15 is 0 Å². The largest absolute Gasteiger partial charge is 0.484 e. The van der Waals surface area contributed by atoms with Crippen molar-refractivity contribution in [3.05, 3.63) is 53.6 Å². The van der Waals surface area contributed by atoms with E-state index in [9.17, 15) is 4.79 Å². The fourth-order valence-corrected chi connectivity index (χ4v) is 3.74. The molecule has 0 N–H and O–H groups in total. The number of rotatable bonds is 7. The van der Waals surface area contributed by atoms with Crippen LogP contribution in [0.15, 0.2) is 42.5 Å². The van der Waals surface area contributed by atoms with Gasteiger partial charge in [-0.05, 0) is 63.3 Å². The Labute approximate surface area is 164 Å². The van der Waals surface area contributed by atoms with Crippen LogP contribution in [-0.2, 0) is 4.79 Å². The number of hydrogen-bond donors (Lipinski definition) is 0. The molecule has 3 aromatic rings. The summed E-state index contributed by atoms with van der Waals surface area (Å²) in [6.45, 7) is 5.49. The number of thiazole rings is 1. The first-order chi connectivity index (χ1) is 12.9. The van der Waals surface area contributed by atoms with E-state index in [0.717, 1.165) is 21.9 Å². The third-order valence-electron chi connectivity index (χ3n) is 4.40. The average Bonchev–Trinajstić information content (AvgIpc) is 3.03. The van der Waals surface area contributed by atoms with Gasteiger partial charge in [-0.3, -0.25) is 9.69 Å². The van der Waals surface area contributed by atoms with E-state index in [1.54, 1.807) is 16.2 Å². The monoisotopic (exact) mass is 383 g/mol. The van der Waals surface area contributed by atoms with Gasteiger partial charge >= 0.3 is 0 Å². The first-order valence-corrected chi connectivity index (χ1v) is 9.76. The standard InChI is InChI=1S/C21H25N3O2S/c1-15-12-18-19(13-16(15)2)27-21(22-18)24(11-10-23(3)4)20(25)14-26-17-8-6-5-7-9-17/h5-9,12-13H,10-11,14H2,1-4H3. The smallest absolute Gasteiger partial charge is 0.266 e. The summed E-state index contributed by atoms with van der Waals surface area (Å²) in [4.78, 5) is 21.4. The summed E-state index contributed by atoms with van der Waals surface area (Å²) < 4.78 is 6.76. The maximum Gasteiger partial charge on any atom is 0.266 e. The van der Waals surface area contributed by atoms with Crippen molar-refractivity contribution in [3.63, 3.8) is 0 Å². The maximum atomic E-state index is 12.9. The van der Waals surface area contributed by atoms with Crippen LogP contribution in [0, 0.1) is 13.8 Å². The summed E-state index contributed by atoms with van der Waals surface area (Å²) >= 11 is 1.55. The molecule has 0 aliphatic heterocycles. The SMILES string of the molecule is Cc1cc2nc(N(CCN(C)C)C(=O)COc3ccccc3)sc2cc1C. The molecule has 0 aliphatic rings.